The number of aliphatic hydroxyl groups is 1. The van der Waals surface area contributed by atoms with Gasteiger partial charge in [-0.05, 0) is 24.6 Å². The highest BCUT2D eigenvalue weighted by atomic mass is 19.1. The highest BCUT2D eigenvalue weighted by Gasteiger charge is 2.05. The van der Waals surface area contributed by atoms with Crippen molar-refractivity contribution in [2.45, 2.75) is 13.8 Å². The second-order valence-corrected chi connectivity index (χ2v) is 3.53. The number of aryl methyl sites for hydroxylation is 1. The molecule has 0 heterocycles. The molecular formula is C11H15FO2. The van der Waals surface area contributed by atoms with Gasteiger partial charge in [0.2, 0.25) is 0 Å². The van der Waals surface area contributed by atoms with Crippen molar-refractivity contribution >= 4 is 0 Å². The van der Waals surface area contributed by atoms with Gasteiger partial charge in [-0.15, -0.1) is 0 Å². The fourth-order valence-electron chi connectivity index (χ4n) is 1.01. The topological polar surface area (TPSA) is 29.5 Å². The zero-order valence-corrected chi connectivity index (χ0v) is 8.46. The van der Waals surface area contributed by atoms with Crippen LogP contribution >= 0.6 is 0 Å². The highest BCUT2D eigenvalue weighted by molar-refractivity contribution is 5.29. The lowest BCUT2D eigenvalue weighted by molar-refractivity contribution is 0.171. The number of hydrogen-bond acceptors (Lipinski definition) is 2. The smallest absolute Gasteiger partial charge is 0.165 e. The molecule has 14 heavy (non-hydrogen) atoms. The Morgan fingerprint density at radius 2 is 2.21 bits per heavy atom. The van der Waals surface area contributed by atoms with Crippen molar-refractivity contribution in [3.8, 4) is 5.75 Å². The van der Waals surface area contributed by atoms with Crippen LogP contribution in [0.2, 0.25) is 0 Å². The Kier molecular flexibility index (Phi) is 3.89. The standard InChI is InChI=1S/C11H15FO2/c1-8-3-4-10(12)11(5-8)14-7-9(2)6-13/h3-5,9,13H,6-7H2,1-2H3. The average Bonchev–Trinajstić information content (AvgIpc) is 2.19. The summed E-state index contributed by atoms with van der Waals surface area (Å²) in [4.78, 5) is 0. The number of benzene rings is 1. The van der Waals surface area contributed by atoms with Crippen LogP contribution in [0.4, 0.5) is 4.39 Å². The number of hydrogen-bond donors (Lipinski definition) is 1. The molecule has 0 saturated heterocycles. The van der Waals surface area contributed by atoms with Gasteiger partial charge in [-0.25, -0.2) is 4.39 Å². The Hall–Kier alpha value is -1.09. The predicted octanol–water partition coefficient (Wildman–Crippen LogP) is 2.14. The predicted molar refractivity (Wildman–Crippen MR) is 52.9 cm³/mol. The van der Waals surface area contributed by atoms with Crippen LogP contribution in [0.1, 0.15) is 12.5 Å². The molecule has 1 rings (SSSR count). The molecule has 1 N–H and O–H groups in total. The van der Waals surface area contributed by atoms with Crippen LogP contribution in [0.15, 0.2) is 18.2 Å². The highest BCUT2D eigenvalue weighted by Crippen LogP contribution is 2.18. The van der Waals surface area contributed by atoms with Gasteiger partial charge in [-0.1, -0.05) is 13.0 Å². The molecule has 0 spiro atoms. The maximum absolute atomic E-state index is 13.1. The Labute approximate surface area is 83.3 Å². The van der Waals surface area contributed by atoms with Crippen LogP contribution in [0.3, 0.4) is 0 Å². The molecule has 0 aliphatic carbocycles. The maximum Gasteiger partial charge on any atom is 0.165 e. The second-order valence-electron chi connectivity index (χ2n) is 3.53. The summed E-state index contributed by atoms with van der Waals surface area (Å²) in [5.41, 5.74) is 0.957. The first-order chi connectivity index (χ1) is 6.63. The van der Waals surface area contributed by atoms with Crippen molar-refractivity contribution in [3.05, 3.63) is 29.6 Å². The van der Waals surface area contributed by atoms with Gasteiger partial charge in [0, 0.05) is 12.5 Å². The molecule has 3 heteroatoms. The minimum atomic E-state index is -0.360. The molecule has 0 saturated carbocycles. The molecule has 0 bridgehead atoms. The monoisotopic (exact) mass is 198 g/mol. The molecule has 1 unspecified atom stereocenters. The summed E-state index contributed by atoms with van der Waals surface area (Å²) >= 11 is 0. The van der Waals surface area contributed by atoms with Gasteiger partial charge in [0.1, 0.15) is 0 Å². The van der Waals surface area contributed by atoms with Gasteiger partial charge in [-0.2, -0.15) is 0 Å². The van der Waals surface area contributed by atoms with Gasteiger partial charge in [0.05, 0.1) is 6.61 Å². The third-order valence-corrected chi connectivity index (χ3v) is 1.92. The van der Waals surface area contributed by atoms with E-state index in [0.29, 0.717) is 6.61 Å². The number of halogens is 1. The summed E-state index contributed by atoms with van der Waals surface area (Å²) in [6.45, 7) is 4.10. The van der Waals surface area contributed by atoms with E-state index < -0.39 is 0 Å². The van der Waals surface area contributed by atoms with Crippen molar-refractivity contribution in [1.82, 2.24) is 0 Å². The lowest BCUT2D eigenvalue weighted by Gasteiger charge is -2.11. The molecule has 78 valence electrons. The van der Waals surface area contributed by atoms with E-state index in [1.165, 1.54) is 6.07 Å². The second kappa shape index (κ2) is 4.96. The molecule has 0 amide bonds. The fraction of sp³-hybridized carbons (Fsp3) is 0.455. The van der Waals surface area contributed by atoms with Crippen LogP contribution < -0.4 is 4.74 Å². The van der Waals surface area contributed by atoms with Crippen molar-refractivity contribution in [3.63, 3.8) is 0 Å². The Balaban J connectivity index is 2.62. The van der Waals surface area contributed by atoms with Crippen molar-refractivity contribution in [1.29, 1.82) is 0 Å². The van der Waals surface area contributed by atoms with Gasteiger partial charge in [0.25, 0.3) is 0 Å². The molecule has 2 nitrogen and oxygen atoms in total. The van der Waals surface area contributed by atoms with Crippen molar-refractivity contribution in [2.75, 3.05) is 13.2 Å². The molecule has 0 radical (unpaired) electrons. The van der Waals surface area contributed by atoms with E-state index in [-0.39, 0.29) is 24.1 Å². The van der Waals surface area contributed by atoms with Crippen LogP contribution in [-0.4, -0.2) is 18.3 Å². The van der Waals surface area contributed by atoms with E-state index in [4.69, 9.17) is 9.84 Å². The van der Waals surface area contributed by atoms with E-state index in [1.54, 1.807) is 12.1 Å². The van der Waals surface area contributed by atoms with E-state index in [2.05, 4.69) is 0 Å². The molecule has 0 fully saturated rings. The first kappa shape index (κ1) is 11.0. The quantitative estimate of drug-likeness (QED) is 0.803. The van der Waals surface area contributed by atoms with Crippen LogP contribution in [-0.2, 0) is 0 Å². The molecule has 0 aliphatic heterocycles. The largest absolute Gasteiger partial charge is 0.490 e. The molecule has 1 aromatic carbocycles. The first-order valence-electron chi connectivity index (χ1n) is 4.63. The Bertz CT molecular complexity index is 299. The van der Waals surface area contributed by atoms with Gasteiger partial charge in [-0.3, -0.25) is 0 Å². The molecule has 0 aliphatic rings. The third kappa shape index (κ3) is 3.00. The summed E-state index contributed by atoms with van der Waals surface area (Å²) < 4.78 is 18.4. The number of aliphatic hydroxyl groups excluding tert-OH is 1. The van der Waals surface area contributed by atoms with Gasteiger partial charge in [0.15, 0.2) is 11.6 Å². The molecular weight excluding hydrogens is 183 g/mol. The van der Waals surface area contributed by atoms with Gasteiger partial charge < -0.3 is 9.84 Å². The summed E-state index contributed by atoms with van der Waals surface area (Å²) in [6, 6.07) is 4.73. The summed E-state index contributed by atoms with van der Waals surface area (Å²) in [5.74, 6) is -0.0825. The van der Waals surface area contributed by atoms with Crippen molar-refractivity contribution < 1.29 is 14.2 Å². The van der Waals surface area contributed by atoms with Crippen LogP contribution in [0.25, 0.3) is 0 Å². The van der Waals surface area contributed by atoms with Crippen LogP contribution in [0, 0.1) is 18.7 Å². The zero-order valence-electron chi connectivity index (χ0n) is 8.46. The van der Waals surface area contributed by atoms with Gasteiger partial charge >= 0.3 is 0 Å². The lowest BCUT2D eigenvalue weighted by atomic mass is 10.2. The normalized spacial score (nSPS) is 12.6. The minimum Gasteiger partial charge on any atom is -0.490 e. The van der Waals surface area contributed by atoms with E-state index in [0.717, 1.165) is 5.56 Å². The minimum absolute atomic E-state index is 0.0231. The van der Waals surface area contributed by atoms with Crippen molar-refractivity contribution in [2.24, 2.45) is 5.92 Å². The SMILES string of the molecule is Cc1ccc(F)c(OCC(C)CO)c1. The van der Waals surface area contributed by atoms with E-state index in [9.17, 15) is 4.39 Å². The zero-order chi connectivity index (χ0) is 10.6. The lowest BCUT2D eigenvalue weighted by Crippen LogP contribution is -2.12. The Morgan fingerprint density at radius 1 is 1.50 bits per heavy atom. The summed E-state index contributed by atoms with van der Waals surface area (Å²) in [6.07, 6.45) is 0. The van der Waals surface area contributed by atoms with E-state index >= 15 is 0 Å². The molecule has 1 aromatic rings. The Morgan fingerprint density at radius 3 is 2.86 bits per heavy atom. The maximum atomic E-state index is 13.1. The van der Waals surface area contributed by atoms with E-state index in [1.807, 2.05) is 13.8 Å². The third-order valence-electron chi connectivity index (χ3n) is 1.92. The molecule has 0 aromatic heterocycles. The first-order valence-corrected chi connectivity index (χ1v) is 4.63. The van der Waals surface area contributed by atoms with Crippen LogP contribution in [0.5, 0.6) is 5.75 Å². The average molecular weight is 198 g/mol. The summed E-state index contributed by atoms with van der Waals surface area (Å²) in [7, 11) is 0. The fourth-order valence-corrected chi connectivity index (χ4v) is 1.01. The number of ether oxygens (including phenoxy) is 1. The number of rotatable bonds is 4. The summed E-state index contributed by atoms with van der Waals surface area (Å²) in [5, 5.41) is 8.76. The molecule has 1 atom stereocenters.